The lowest BCUT2D eigenvalue weighted by Gasteiger charge is -2.45. The van der Waals surface area contributed by atoms with Crippen molar-refractivity contribution in [3.8, 4) is 17.2 Å². The summed E-state index contributed by atoms with van der Waals surface area (Å²) in [6.07, 6.45) is 0. The largest absolute Gasteiger partial charge is 0.508 e. The molecule has 0 radical (unpaired) electrons. The Morgan fingerprint density at radius 3 is 1.11 bits per heavy atom. The van der Waals surface area contributed by atoms with Gasteiger partial charge < -0.3 is 67.4 Å². The molecule has 3 aromatic carbocycles. The standard InChI is InChI=1S/C48H53N9O13S3/c1-46(2)31(55-39(66)28(42(55)71-46)52-34(61)25(49)19-7-13-22(58)14-8-19)37(64)50-26(20-9-15-23(59)16-10-20)35(62)53-29-40(67)56-32(47(3,4)72-43(29)56)38(65)51-27(21-11-17-24(60)18-12-21)36(63)54-30-41(68)57-33(45(69)70)48(5,6)73-44(30)57/h7-18,25-33,42-44,58-60H,49H2,1-6H3,(H,50,64)(H,51,65)(H,52,61)(H,53,62)(H,54,63)(H,69,70)/t25-,26-,27-,28-,29-,30-,31+,32+,33+,42-,43-,44-/m1/s1. The van der Waals surface area contributed by atoms with Crippen LogP contribution in [0.4, 0.5) is 0 Å². The van der Waals surface area contributed by atoms with E-state index in [2.05, 4.69) is 26.6 Å². The van der Waals surface area contributed by atoms with Crippen LogP contribution < -0.4 is 32.3 Å². The van der Waals surface area contributed by atoms with Crippen LogP contribution in [-0.4, -0.2) is 155 Å². The molecule has 0 unspecified atom stereocenters. The van der Waals surface area contributed by atoms with Gasteiger partial charge in [-0.1, -0.05) is 36.4 Å². The fourth-order valence-electron chi connectivity index (χ4n) is 10.4. The Morgan fingerprint density at radius 1 is 0.493 bits per heavy atom. The molecule has 386 valence electrons. The van der Waals surface area contributed by atoms with Crippen LogP contribution in [0.15, 0.2) is 72.8 Å². The third kappa shape index (κ3) is 8.81. The summed E-state index contributed by atoms with van der Waals surface area (Å²) in [7, 11) is 0. The molecule has 6 saturated heterocycles. The van der Waals surface area contributed by atoms with Crippen molar-refractivity contribution in [2.45, 2.75) is 126 Å². The van der Waals surface area contributed by atoms with E-state index in [4.69, 9.17) is 5.73 Å². The van der Waals surface area contributed by atoms with Gasteiger partial charge in [0.15, 0.2) is 0 Å². The number of fused-ring (bicyclic) bond motifs is 3. The SMILES string of the molecule is CC1(C)S[C@@H]2[C@H](NC(=O)[C@H](NC(=O)[C@@H]3N4C(=O)[C@@H](NC(=O)[C@H](NC(=O)[C@@H]5N6C(=O)[C@@H](NC(=O)[C@H](N)c7ccc(O)cc7)[C@H]6SC5(C)C)c5ccc(O)cc5)[C@H]4SC3(C)C)c3ccc(O)cc3)C(=O)N2[C@H]1C(=O)O. The number of carboxylic acid groups (broad SMARTS) is 1. The molecule has 9 rings (SSSR count). The molecule has 8 amide bonds. The van der Waals surface area contributed by atoms with Crippen LogP contribution in [0, 0.1) is 0 Å². The molecule has 25 heteroatoms. The van der Waals surface area contributed by atoms with Crippen molar-refractivity contribution in [1.29, 1.82) is 0 Å². The van der Waals surface area contributed by atoms with Gasteiger partial charge in [0.05, 0.1) is 0 Å². The maximum atomic E-state index is 14.5. The number of carbonyl (C=O) groups is 9. The van der Waals surface area contributed by atoms with Gasteiger partial charge in [-0.05, 0) is 94.6 Å². The first kappa shape index (κ1) is 51.2. The summed E-state index contributed by atoms with van der Waals surface area (Å²) in [5.41, 5.74) is 7.01. The second-order valence-electron chi connectivity index (χ2n) is 20.2. The summed E-state index contributed by atoms with van der Waals surface area (Å²) in [5.74, 6) is -7.00. The molecule has 0 bridgehead atoms. The highest BCUT2D eigenvalue weighted by atomic mass is 32.2. The van der Waals surface area contributed by atoms with Crippen LogP contribution in [0.3, 0.4) is 0 Å². The van der Waals surface area contributed by atoms with Crippen LogP contribution in [0.5, 0.6) is 17.2 Å². The van der Waals surface area contributed by atoms with Crippen molar-refractivity contribution in [3.63, 3.8) is 0 Å². The molecular formula is C48H53N9O13S3. The summed E-state index contributed by atoms with van der Waals surface area (Å²) in [4.78, 5) is 128. The quantitative estimate of drug-likeness (QED) is 0.0967. The number of nitrogens with zero attached hydrogens (tertiary/aromatic N) is 3. The Morgan fingerprint density at radius 2 is 0.781 bits per heavy atom. The maximum absolute atomic E-state index is 14.5. The van der Waals surface area contributed by atoms with E-state index in [0.717, 1.165) is 0 Å². The number of carboxylic acids is 1. The highest BCUT2D eigenvalue weighted by Gasteiger charge is 2.67. The lowest BCUT2D eigenvalue weighted by atomic mass is 9.93. The number of amides is 8. The predicted molar refractivity (Wildman–Crippen MR) is 265 cm³/mol. The number of aromatic hydroxyl groups is 3. The molecule has 0 saturated carbocycles. The number of nitrogens with two attached hydrogens (primary N) is 1. The average molecular weight is 1060 g/mol. The number of carbonyl (C=O) groups excluding carboxylic acids is 8. The Hall–Kier alpha value is -6.70. The number of rotatable bonds is 14. The van der Waals surface area contributed by atoms with E-state index in [1.807, 2.05) is 0 Å². The Labute approximate surface area is 430 Å². The van der Waals surface area contributed by atoms with Gasteiger partial charge in [-0.15, -0.1) is 35.3 Å². The molecule has 0 aliphatic carbocycles. The molecule has 0 spiro atoms. The minimum atomic E-state index is -1.47. The molecule has 6 heterocycles. The number of benzene rings is 3. The number of hydrogen-bond acceptors (Lipinski definition) is 16. The summed E-state index contributed by atoms with van der Waals surface area (Å²) in [6, 6.07) is 5.74. The Balaban J connectivity index is 0.883. The van der Waals surface area contributed by atoms with Crippen LogP contribution in [-0.2, 0) is 43.2 Å². The molecule has 6 fully saturated rings. The summed E-state index contributed by atoms with van der Waals surface area (Å²) in [6.45, 7) is 10.3. The first-order chi connectivity index (χ1) is 34.2. The van der Waals surface area contributed by atoms with Gasteiger partial charge in [-0.3, -0.25) is 38.4 Å². The highest BCUT2D eigenvalue weighted by Crippen LogP contribution is 2.53. The molecule has 6 aliphatic rings. The Kier molecular flexibility index (Phi) is 12.9. The van der Waals surface area contributed by atoms with Crippen LogP contribution in [0.1, 0.15) is 76.4 Å². The predicted octanol–water partition coefficient (Wildman–Crippen LogP) is 0.244. The van der Waals surface area contributed by atoms with Crippen LogP contribution in [0.2, 0.25) is 0 Å². The molecule has 11 N–H and O–H groups in total. The third-order valence-electron chi connectivity index (χ3n) is 14.0. The van der Waals surface area contributed by atoms with Crippen molar-refractivity contribution < 1.29 is 63.6 Å². The monoisotopic (exact) mass is 1060 g/mol. The summed E-state index contributed by atoms with van der Waals surface area (Å²) < 4.78 is -2.83. The van der Waals surface area contributed by atoms with Crippen molar-refractivity contribution in [2.75, 3.05) is 0 Å². The van der Waals surface area contributed by atoms with Gasteiger partial charge in [-0.25, -0.2) is 4.79 Å². The van der Waals surface area contributed by atoms with Crippen LogP contribution in [0.25, 0.3) is 0 Å². The minimum Gasteiger partial charge on any atom is -0.508 e. The zero-order chi connectivity index (χ0) is 53.0. The van der Waals surface area contributed by atoms with Gasteiger partial charge >= 0.3 is 5.97 Å². The molecule has 22 nitrogen and oxygen atoms in total. The maximum Gasteiger partial charge on any atom is 0.327 e. The fraction of sp³-hybridized carbons (Fsp3) is 0.438. The molecule has 12 atom stereocenters. The van der Waals surface area contributed by atoms with E-state index in [1.165, 1.54) is 123 Å². The minimum absolute atomic E-state index is 0.0175. The number of hydrogen-bond donors (Lipinski definition) is 10. The van der Waals surface area contributed by atoms with Crippen molar-refractivity contribution in [1.82, 2.24) is 41.3 Å². The summed E-state index contributed by atoms with van der Waals surface area (Å²) in [5, 5.41) is 51.1. The summed E-state index contributed by atoms with van der Waals surface area (Å²) >= 11 is 3.71. The van der Waals surface area contributed by atoms with Gasteiger partial charge in [0, 0.05) is 14.2 Å². The number of thioether (sulfide) groups is 3. The van der Waals surface area contributed by atoms with E-state index < -0.39 is 138 Å². The van der Waals surface area contributed by atoms with E-state index in [9.17, 15) is 63.6 Å². The molecule has 73 heavy (non-hydrogen) atoms. The molecular weight excluding hydrogens is 1010 g/mol. The van der Waals surface area contributed by atoms with Gasteiger partial charge in [0.1, 0.15) is 87.7 Å². The average Bonchev–Trinajstić information content (AvgIpc) is 3.86. The highest BCUT2D eigenvalue weighted by molar-refractivity contribution is 8.02. The van der Waals surface area contributed by atoms with E-state index in [0.29, 0.717) is 5.56 Å². The van der Waals surface area contributed by atoms with Crippen molar-refractivity contribution >= 4 is 88.5 Å². The second kappa shape index (κ2) is 18.3. The first-order valence-corrected chi connectivity index (χ1v) is 25.7. The topological polar surface area (TPSA) is 330 Å². The zero-order valence-corrected chi connectivity index (χ0v) is 42.4. The van der Waals surface area contributed by atoms with Crippen molar-refractivity contribution in [2.24, 2.45) is 5.73 Å². The second-order valence-corrected chi connectivity index (χ2v) is 25.5. The van der Waals surface area contributed by atoms with E-state index >= 15 is 0 Å². The van der Waals surface area contributed by atoms with E-state index in [1.54, 1.807) is 41.5 Å². The van der Waals surface area contributed by atoms with Gasteiger partial charge in [0.2, 0.25) is 47.3 Å². The smallest absolute Gasteiger partial charge is 0.327 e. The number of aliphatic carboxylic acids is 1. The Bertz CT molecular complexity index is 2840. The van der Waals surface area contributed by atoms with Crippen molar-refractivity contribution in [3.05, 3.63) is 89.5 Å². The fourth-order valence-corrected chi connectivity index (χ4v) is 15.3. The molecule has 0 aromatic heterocycles. The third-order valence-corrected chi connectivity index (χ3v) is 18.7. The number of phenols is 3. The van der Waals surface area contributed by atoms with E-state index in [-0.39, 0.29) is 28.4 Å². The van der Waals surface area contributed by atoms with Crippen LogP contribution >= 0.6 is 35.3 Å². The number of nitrogens with one attached hydrogen (secondary N) is 5. The lowest BCUT2D eigenvalue weighted by molar-refractivity contribution is -0.161. The van der Waals surface area contributed by atoms with Gasteiger partial charge in [0.25, 0.3) is 0 Å². The lowest BCUT2D eigenvalue weighted by Crippen LogP contribution is -2.73. The molecule has 6 aliphatic heterocycles. The first-order valence-electron chi connectivity index (χ1n) is 23.1. The number of phenolic OH excluding ortho intramolecular Hbond substituents is 3. The zero-order valence-electron chi connectivity index (χ0n) is 40.0. The normalized spacial score (nSPS) is 28.9. The van der Waals surface area contributed by atoms with Gasteiger partial charge in [-0.2, -0.15) is 0 Å². The number of β-lactam (4-membered cyclic amide) rings is 3. The molecule has 3 aromatic rings.